The lowest BCUT2D eigenvalue weighted by Gasteiger charge is -1.98. The second-order valence-electron chi connectivity index (χ2n) is 2.09. The van der Waals surface area contributed by atoms with Crippen LogP contribution in [0.3, 0.4) is 0 Å². The summed E-state index contributed by atoms with van der Waals surface area (Å²) in [5, 5.41) is 8.56. The molecule has 0 saturated heterocycles. The molecule has 5 heteroatoms. The maximum absolute atomic E-state index is 8.56. The van der Waals surface area contributed by atoms with Gasteiger partial charge in [-0.05, 0) is 0 Å². The van der Waals surface area contributed by atoms with Gasteiger partial charge in [0.05, 0.1) is 6.20 Å². The van der Waals surface area contributed by atoms with Gasteiger partial charge in [0.25, 0.3) is 0 Å². The number of hydrogen-bond acceptors (Lipinski definition) is 4. The van der Waals surface area contributed by atoms with E-state index in [9.17, 15) is 0 Å². The highest BCUT2D eigenvalue weighted by Gasteiger charge is 1.93. The Morgan fingerprint density at radius 3 is 3.00 bits per heavy atom. The van der Waals surface area contributed by atoms with Crippen molar-refractivity contribution in [3.05, 3.63) is 18.6 Å². The zero-order valence-electron chi connectivity index (χ0n) is 6.73. The summed E-state index contributed by atoms with van der Waals surface area (Å²) in [6.45, 7) is 1.87. The number of hydroxylamine groups is 1. The Labute approximate surface area is 70.2 Å². The summed E-state index contributed by atoms with van der Waals surface area (Å²) in [6, 6.07) is 0. The summed E-state index contributed by atoms with van der Waals surface area (Å²) in [4.78, 5) is 11.7. The van der Waals surface area contributed by atoms with Gasteiger partial charge in [0.15, 0.2) is 5.82 Å². The van der Waals surface area contributed by atoms with Crippen molar-refractivity contribution < 1.29 is 5.21 Å². The molecule has 5 nitrogen and oxygen atoms in total. The molecular weight excluding hydrogens is 156 g/mol. The van der Waals surface area contributed by atoms with E-state index >= 15 is 0 Å². The molecule has 0 spiro atoms. The topological polar surface area (TPSA) is 70.4 Å². The van der Waals surface area contributed by atoms with Gasteiger partial charge in [-0.15, -0.1) is 0 Å². The van der Waals surface area contributed by atoms with Gasteiger partial charge in [-0.25, -0.2) is 9.98 Å². The molecule has 1 aromatic rings. The van der Waals surface area contributed by atoms with Gasteiger partial charge in [-0.3, -0.25) is 15.7 Å². The second kappa shape index (κ2) is 4.40. The molecule has 12 heavy (non-hydrogen) atoms. The van der Waals surface area contributed by atoms with E-state index in [1.54, 1.807) is 12.4 Å². The third-order valence-corrected chi connectivity index (χ3v) is 1.26. The molecule has 2 N–H and O–H groups in total. The van der Waals surface area contributed by atoms with E-state index in [1.165, 1.54) is 6.20 Å². The molecule has 0 unspecified atom stereocenters. The quantitative estimate of drug-likeness (QED) is 0.389. The molecule has 0 aliphatic rings. The van der Waals surface area contributed by atoms with Crippen molar-refractivity contribution in [3.8, 4) is 0 Å². The van der Waals surface area contributed by atoms with Crippen LogP contribution in [0, 0.1) is 0 Å². The van der Waals surface area contributed by atoms with Crippen LogP contribution < -0.4 is 5.48 Å². The van der Waals surface area contributed by atoms with Crippen LogP contribution in [-0.4, -0.2) is 21.0 Å². The van der Waals surface area contributed by atoms with E-state index < -0.39 is 0 Å². The first-order chi connectivity index (χ1) is 5.86. The first-order valence-corrected chi connectivity index (χ1v) is 3.60. The first kappa shape index (κ1) is 8.61. The fourth-order valence-corrected chi connectivity index (χ4v) is 0.670. The third-order valence-electron chi connectivity index (χ3n) is 1.26. The maximum atomic E-state index is 8.56. The van der Waals surface area contributed by atoms with E-state index in [1.807, 2.05) is 12.4 Å². The molecule has 0 aromatic carbocycles. The van der Waals surface area contributed by atoms with Crippen LogP contribution in [0.25, 0.3) is 0 Å². The smallest absolute Gasteiger partial charge is 0.172 e. The average Bonchev–Trinajstić information content (AvgIpc) is 2.16. The fraction of sp³-hybridized carbons (Fsp3) is 0.286. The molecule has 0 bridgehead atoms. The van der Waals surface area contributed by atoms with Gasteiger partial charge >= 0.3 is 0 Å². The highest BCUT2D eigenvalue weighted by Crippen LogP contribution is 2.03. The Balaban J connectivity index is 2.79. The number of hydrogen-bond donors (Lipinski definition) is 2. The standard InChI is InChI=1S/C7H10N4O/c1-2-6(11-12)10-7-5-8-3-4-9-7/h3-5,12H,2H2,1H3,(H,9,10,11). The molecule has 0 radical (unpaired) electrons. The summed E-state index contributed by atoms with van der Waals surface area (Å²) in [6.07, 6.45) is 5.25. The molecule has 64 valence electrons. The van der Waals surface area contributed by atoms with Crippen LogP contribution in [0.5, 0.6) is 0 Å². The minimum Gasteiger partial charge on any atom is -0.290 e. The zero-order chi connectivity index (χ0) is 8.81. The molecule has 1 rings (SSSR count). The Bertz CT molecular complexity index is 253. The minimum absolute atomic E-state index is 0.468. The normalized spacial score (nSPS) is 11.3. The Morgan fingerprint density at radius 2 is 2.50 bits per heavy atom. The van der Waals surface area contributed by atoms with Crippen LogP contribution in [0.15, 0.2) is 23.6 Å². The number of aliphatic imine (C=N–C) groups is 1. The SMILES string of the molecule is CCC(=Nc1cnccn1)NO. The third kappa shape index (κ3) is 2.28. The first-order valence-electron chi connectivity index (χ1n) is 3.60. The Kier molecular flexibility index (Phi) is 3.16. The van der Waals surface area contributed by atoms with Gasteiger partial charge in [0, 0.05) is 18.8 Å². The summed E-state index contributed by atoms with van der Waals surface area (Å²) < 4.78 is 0. The number of nitrogens with one attached hydrogen (secondary N) is 1. The summed E-state index contributed by atoms with van der Waals surface area (Å²) >= 11 is 0. The summed E-state index contributed by atoms with van der Waals surface area (Å²) in [7, 11) is 0. The predicted molar refractivity (Wildman–Crippen MR) is 44.3 cm³/mol. The van der Waals surface area contributed by atoms with E-state index in [4.69, 9.17) is 5.21 Å². The molecule has 1 aromatic heterocycles. The van der Waals surface area contributed by atoms with Gasteiger partial charge in [-0.1, -0.05) is 6.92 Å². The molecule has 0 fully saturated rings. The lowest BCUT2D eigenvalue weighted by molar-refractivity contribution is 0.232. The molecule has 0 atom stereocenters. The van der Waals surface area contributed by atoms with Crippen molar-refractivity contribution in [2.24, 2.45) is 4.99 Å². The second-order valence-corrected chi connectivity index (χ2v) is 2.09. The molecule has 0 saturated carbocycles. The number of amidine groups is 1. The Hall–Kier alpha value is -1.49. The highest BCUT2D eigenvalue weighted by atomic mass is 16.5. The Morgan fingerprint density at radius 1 is 1.67 bits per heavy atom. The van der Waals surface area contributed by atoms with Crippen molar-refractivity contribution in [2.45, 2.75) is 13.3 Å². The zero-order valence-corrected chi connectivity index (χ0v) is 6.73. The van der Waals surface area contributed by atoms with E-state index in [0.29, 0.717) is 18.1 Å². The monoisotopic (exact) mass is 166 g/mol. The van der Waals surface area contributed by atoms with Crippen LogP contribution >= 0.6 is 0 Å². The van der Waals surface area contributed by atoms with E-state index in [0.717, 1.165) is 0 Å². The fourth-order valence-electron chi connectivity index (χ4n) is 0.670. The predicted octanol–water partition coefficient (Wildman–Crippen LogP) is 0.895. The van der Waals surface area contributed by atoms with Gasteiger partial charge in [0.1, 0.15) is 5.84 Å². The highest BCUT2D eigenvalue weighted by molar-refractivity contribution is 5.82. The minimum atomic E-state index is 0.468. The van der Waals surface area contributed by atoms with Crippen LogP contribution in [0.2, 0.25) is 0 Å². The van der Waals surface area contributed by atoms with Crippen LogP contribution in [0.4, 0.5) is 5.82 Å². The maximum Gasteiger partial charge on any atom is 0.172 e. The lowest BCUT2D eigenvalue weighted by Crippen LogP contribution is -2.17. The molecule has 0 aliphatic heterocycles. The number of rotatable bonds is 2. The molecule has 1 heterocycles. The summed E-state index contributed by atoms with van der Waals surface area (Å²) in [5.74, 6) is 0.950. The van der Waals surface area contributed by atoms with Crippen molar-refractivity contribution in [1.29, 1.82) is 0 Å². The number of aromatic nitrogens is 2. The van der Waals surface area contributed by atoms with Crippen LogP contribution in [-0.2, 0) is 0 Å². The van der Waals surface area contributed by atoms with Crippen molar-refractivity contribution in [2.75, 3.05) is 0 Å². The average molecular weight is 166 g/mol. The van der Waals surface area contributed by atoms with Gasteiger partial charge < -0.3 is 0 Å². The van der Waals surface area contributed by atoms with Gasteiger partial charge in [-0.2, -0.15) is 0 Å². The van der Waals surface area contributed by atoms with Gasteiger partial charge in [0.2, 0.25) is 0 Å². The molecular formula is C7H10N4O. The van der Waals surface area contributed by atoms with E-state index in [-0.39, 0.29) is 0 Å². The largest absolute Gasteiger partial charge is 0.290 e. The number of nitrogens with zero attached hydrogens (tertiary/aromatic N) is 3. The molecule has 0 amide bonds. The summed E-state index contributed by atoms with van der Waals surface area (Å²) in [5.41, 5.74) is 1.98. The van der Waals surface area contributed by atoms with Crippen molar-refractivity contribution >= 4 is 11.7 Å². The van der Waals surface area contributed by atoms with Crippen molar-refractivity contribution in [3.63, 3.8) is 0 Å². The van der Waals surface area contributed by atoms with Crippen molar-refractivity contribution in [1.82, 2.24) is 15.4 Å². The molecule has 0 aliphatic carbocycles. The van der Waals surface area contributed by atoms with Crippen LogP contribution in [0.1, 0.15) is 13.3 Å². The van der Waals surface area contributed by atoms with E-state index in [2.05, 4.69) is 15.0 Å². The lowest BCUT2D eigenvalue weighted by atomic mass is 10.4.